The predicted octanol–water partition coefficient (Wildman–Crippen LogP) is 5.29. The zero-order valence-electron chi connectivity index (χ0n) is 16.8. The molecule has 0 aliphatic heterocycles. The summed E-state index contributed by atoms with van der Waals surface area (Å²) in [4.78, 5) is 15.6. The van der Waals surface area contributed by atoms with Gasteiger partial charge in [0.25, 0.3) is 0 Å². The standard InChI is InChI=1S/C22H25N3O2S2/c1-22(2,3)20-24-17-10-9-16(23-21(28)29-12-11-19(26)27)13-18(17)25(20)14-15-7-5-4-6-8-15/h4-10,13H,11-12,14H2,1-3H3,(H,23,28)(H,26,27). The Labute approximate surface area is 180 Å². The smallest absolute Gasteiger partial charge is 0.304 e. The summed E-state index contributed by atoms with van der Waals surface area (Å²) in [5.41, 5.74) is 3.99. The lowest BCUT2D eigenvalue weighted by Gasteiger charge is -2.20. The fourth-order valence-corrected chi connectivity index (χ4v) is 4.10. The van der Waals surface area contributed by atoms with Crippen LogP contribution >= 0.6 is 24.0 Å². The van der Waals surface area contributed by atoms with Gasteiger partial charge in [-0.2, -0.15) is 0 Å². The molecule has 2 aromatic carbocycles. The molecule has 29 heavy (non-hydrogen) atoms. The molecule has 3 aromatic rings. The minimum atomic E-state index is -0.818. The Morgan fingerprint density at radius 3 is 2.59 bits per heavy atom. The topological polar surface area (TPSA) is 67.2 Å². The van der Waals surface area contributed by atoms with Crippen LogP contribution in [-0.2, 0) is 16.8 Å². The average molecular weight is 428 g/mol. The highest BCUT2D eigenvalue weighted by Crippen LogP contribution is 2.29. The maximum atomic E-state index is 10.7. The first-order valence-corrected chi connectivity index (χ1v) is 10.8. The summed E-state index contributed by atoms with van der Waals surface area (Å²) >= 11 is 6.69. The van der Waals surface area contributed by atoms with Crippen molar-refractivity contribution in [3.8, 4) is 0 Å². The Hall–Kier alpha value is -2.38. The minimum absolute atomic E-state index is 0.0876. The number of thioether (sulfide) groups is 1. The number of thiocarbonyl (C=S) groups is 1. The monoisotopic (exact) mass is 427 g/mol. The van der Waals surface area contributed by atoms with Crippen LogP contribution in [0.2, 0.25) is 0 Å². The number of carbonyl (C=O) groups is 1. The van der Waals surface area contributed by atoms with Gasteiger partial charge < -0.3 is 15.0 Å². The zero-order valence-corrected chi connectivity index (χ0v) is 18.4. The summed E-state index contributed by atoms with van der Waals surface area (Å²) in [6, 6.07) is 16.4. The highest BCUT2D eigenvalue weighted by Gasteiger charge is 2.23. The van der Waals surface area contributed by atoms with Gasteiger partial charge >= 0.3 is 5.97 Å². The molecular formula is C22H25N3O2S2. The molecular weight excluding hydrogens is 402 g/mol. The van der Waals surface area contributed by atoms with E-state index in [2.05, 4.69) is 48.9 Å². The number of carboxylic acids is 1. The van der Waals surface area contributed by atoms with Gasteiger partial charge in [0, 0.05) is 23.4 Å². The first-order valence-electron chi connectivity index (χ1n) is 9.44. The van der Waals surface area contributed by atoms with Crippen molar-refractivity contribution in [2.24, 2.45) is 0 Å². The van der Waals surface area contributed by atoms with Gasteiger partial charge in [-0.1, -0.05) is 75.1 Å². The number of carboxylic acid groups (broad SMARTS) is 1. The average Bonchev–Trinajstić information content (AvgIpc) is 3.00. The molecule has 7 heteroatoms. The second kappa shape index (κ2) is 8.97. The molecule has 0 aliphatic rings. The number of hydrogen-bond acceptors (Lipinski definition) is 4. The fraction of sp³-hybridized carbons (Fsp3) is 0.318. The Balaban J connectivity index is 1.91. The van der Waals surface area contributed by atoms with E-state index in [-0.39, 0.29) is 11.8 Å². The molecule has 2 N–H and O–H groups in total. The number of nitrogens with zero attached hydrogens (tertiary/aromatic N) is 2. The molecule has 5 nitrogen and oxygen atoms in total. The minimum Gasteiger partial charge on any atom is -0.481 e. The quantitative estimate of drug-likeness (QED) is 0.521. The molecule has 0 unspecified atom stereocenters. The molecule has 1 aromatic heterocycles. The Morgan fingerprint density at radius 2 is 1.93 bits per heavy atom. The summed E-state index contributed by atoms with van der Waals surface area (Å²) in [5.74, 6) is 0.664. The van der Waals surface area contributed by atoms with Crippen LogP contribution in [0.25, 0.3) is 11.0 Å². The first-order chi connectivity index (χ1) is 13.7. The molecule has 0 amide bonds. The first kappa shape index (κ1) is 21.3. The summed E-state index contributed by atoms with van der Waals surface area (Å²) in [6.07, 6.45) is 0.0876. The van der Waals surface area contributed by atoms with Gasteiger partial charge in [0.2, 0.25) is 0 Å². The van der Waals surface area contributed by atoms with Crippen molar-refractivity contribution in [2.75, 3.05) is 11.1 Å². The number of aliphatic carboxylic acids is 1. The van der Waals surface area contributed by atoms with Gasteiger partial charge in [-0.25, -0.2) is 4.98 Å². The Morgan fingerprint density at radius 1 is 1.21 bits per heavy atom. The third kappa shape index (κ3) is 5.58. The highest BCUT2D eigenvalue weighted by atomic mass is 32.2. The van der Waals surface area contributed by atoms with Crippen LogP contribution in [0.1, 0.15) is 38.6 Å². The molecule has 1 heterocycles. The van der Waals surface area contributed by atoms with E-state index in [4.69, 9.17) is 22.3 Å². The Kier molecular flexibility index (Phi) is 6.59. The lowest BCUT2D eigenvalue weighted by Crippen LogP contribution is -2.19. The van der Waals surface area contributed by atoms with Crippen LogP contribution in [0.3, 0.4) is 0 Å². The van der Waals surface area contributed by atoms with Crippen LogP contribution in [0, 0.1) is 0 Å². The predicted molar refractivity (Wildman–Crippen MR) is 125 cm³/mol. The molecule has 3 rings (SSSR count). The zero-order chi connectivity index (χ0) is 21.0. The van der Waals surface area contributed by atoms with E-state index in [1.165, 1.54) is 17.3 Å². The van der Waals surface area contributed by atoms with Crippen molar-refractivity contribution < 1.29 is 9.90 Å². The van der Waals surface area contributed by atoms with Crippen molar-refractivity contribution in [2.45, 2.75) is 39.2 Å². The maximum Gasteiger partial charge on any atom is 0.304 e. The number of aromatic nitrogens is 2. The fourth-order valence-electron chi connectivity index (χ4n) is 3.08. The summed E-state index contributed by atoms with van der Waals surface area (Å²) < 4.78 is 2.83. The molecule has 0 saturated carbocycles. The molecule has 0 atom stereocenters. The van der Waals surface area contributed by atoms with Crippen LogP contribution in [0.5, 0.6) is 0 Å². The van der Waals surface area contributed by atoms with Crippen molar-refractivity contribution in [1.82, 2.24) is 9.55 Å². The van der Waals surface area contributed by atoms with Crippen LogP contribution < -0.4 is 5.32 Å². The third-order valence-corrected chi connectivity index (χ3v) is 5.63. The number of benzene rings is 2. The number of anilines is 1. The van der Waals surface area contributed by atoms with Gasteiger partial charge in [-0.05, 0) is 23.8 Å². The van der Waals surface area contributed by atoms with E-state index in [1.807, 2.05) is 30.3 Å². The van der Waals surface area contributed by atoms with Crippen LogP contribution in [-0.4, -0.2) is 30.7 Å². The lowest BCUT2D eigenvalue weighted by atomic mass is 9.95. The maximum absolute atomic E-state index is 10.7. The van der Waals surface area contributed by atoms with Crippen molar-refractivity contribution in [3.05, 3.63) is 59.9 Å². The second-order valence-electron chi connectivity index (χ2n) is 7.87. The molecule has 0 bridgehead atoms. The summed E-state index contributed by atoms with van der Waals surface area (Å²) in [7, 11) is 0. The van der Waals surface area contributed by atoms with Gasteiger partial charge in [0.1, 0.15) is 10.1 Å². The van der Waals surface area contributed by atoms with Gasteiger partial charge in [0.15, 0.2) is 0 Å². The molecule has 0 fully saturated rings. The SMILES string of the molecule is CC(C)(C)c1nc2ccc(NC(=S)SCCC(=O)O)cc2n1Cc1ccccc1. The number of nitrogens with one attached hydrogen (secondary N) is 1. The number of imidazole rings is 1. The molecule has 0 saturated heterocycles. The van der Waals surface area contributed by atoms with Gasteiger partial charge in [-0.15, -0.1) is 0 Å². The van der Waals surface area contributed by atoms with Crippen molar-refractivity contribution in [3.63, 3.8) is 0 Å². The molecule has 0 spiro atoms. The van der Waals surface area contributed by atoms with Crippen molar-refractivity contribution in [1.29, 1.82) is 0 Å². The largest absolute Gasteiger partial charge is 0.481 e. The second-order valence-corrected chi connectivity index (χ2v) is 9.64. The van der Waals surface area contributed by atoms with E-state index in [0.29, 0.717) is 10.1 Å². The van der Waals surface area contributed by atoms with Crippen LogP contribution in [0.15, 0.2) is 48.5 Å². The number of fused-ring (bicyclic) bond motifs is 1. The highest BCUT2D eigenvalue weighted by molar-refractivity contribution is 8.23. The third-order valence-electron chi connectivity index (χ3n) is 4.40. The summed E-state index contributed by atoms with van der Waals surface area (Å²) in [6.45, 7) is 7.25. The summed E-state index contributed by atoms with van der Waals surface area (Å²) in [5, 5.41) is 12.0. The number of hydrogen-bond donors (Lipinski definition) is 2. The molecule has 0 aliphatic carbocycles. The van der Waals surface area contributed by atoms with E-state index in [9.17, 15) is 4.79 Å². The lowest BCUT2D eigenvalue weighted by molar-refractivity contribution is -0.136. The van der Waals surface area contributed by atoms with Gasteiger partial charge in [0.05, 0.1) is 17.5 Å². The van der Waals surface area contributed by atoms with Crippen LogP contribution in [0.4, 0.5) is 5.69 Å². The van der Waals surface area contributed by atoms with E-state index in [0.717, 1.165) is 29.1 Å². The Bertz CT molecular complexity index is 1020. The van der Waals surface area contributed by atoms with E-state index < -0.39 is 5.97 Å². The normalized spacial score (nSPS) is 11.6. The van der Waals surface area contributed by atoms with Gasteiger partial charge in [-0.3, -0.25) is 4.79 Å². The molecule has 152 valence electrons. The van der Waals surface area contributed by atoms with E-state index in [1.54, 1.807) is 0 Å². The molecule has 0 radical (unpaired) electrons. The number of rotatable bonds is 6. The van der Waals surface area contributed by atoms with Crippen molar-refractivity contribution >= 4 is 51.0 Å². The van der Waals surface area contributed by atoms with E-state index >= 15 is 0 Å².